The van der Waals surface area contributed by atoms with E-state index in [1.54, 1.807) is 0 Å². The van der Waals surface area contributed by atoms with E-state index in [-0.39, 0.29) is 0 Å². The summed E-state index contributed by atoms with van der Waals surface area (Å²) in [5.74, 6) is 1.93. The molecule has 1 aromatic heterocycles. The predicted molar refractivity (Wildman–Crippen MR) is 72.5 cm³/mol. The Morgan fingerprint density at radius 2 is 1.76 bits per heavy atom. The number of pyridine rings is 1. The fourth-order valence-corrected chi connectivity index (χ4v) is 1.82. The van der Waals surface area contributed by atoms with Gasteiger partial charge in [-0.3, -0.25) is 0 Å². The second kappa shape index (κ2) is 5.32. The minimum atomic E-state index is 0.535. The van der Waals surface area contributed by atoms with E-state index in [4.69, 9.17) is 4.74 Å². The molecule has 0 bridgehead atoms. The van der Waals surface area contributed by atoms with Gasteiger partial charge in [-0.1, -0.05) is 32.0 Å². The molecule has 0 unspecified atom stereocenters. The fraction of sp³-hybridized carbons (Fsp3) is 0.214. The average molecular weight is 292 g/mol. The van der Waals surface area contributed by atoms with Crippen LogP contribution in [0.25, 0.3) is 0 Å². The maximum atomic E-state index is 5.65. The quantitative estimate of drug-likeness (QED) is 0.761. The highest BCUT2D eigenvalue weighted by Crippen LogP contribution is 2.23. The molecule has 2 rings (SSSR count). The van der Waals surface area contributed by atoms with E-state index in [9.17, 15) is 0 Å². The Morgan fingerprint density at radius 1 is 1.06 bits per heavy atom. The topological polar surface area (TPSA) is 22.1 Å². The number of rotatable bonds is 3. The highest BCUT2D eigenvalue weighted by Gasteiger charge is 2.01. The number of ether oxygens (including phenoxy) is 1. The molecule has 0 spiro atoms. The van der Waals surface area contributed by atoms with Gasteiger partial charge in [0.15, 0.2) is 0 Å². The molecule has 2 nitrogen and oxygen atoms in total. The Kier molecular flexibility index (Phi) is 3.79. The van der Waals surface area contributed by atoms with Crippen molar-refractivity contribution < 1.29 is 4.74 Å². The molecule has 0 atom stereocenters. The summed E-state index contributed by atoms with van der Waals surface area (Å²) in [6.07, 6.45) is 0. The van der Waals surface area contributed by atoms with Crippen LogP contribution in [-0.4, -0.2) is 4.98 Å². The third-order valence-corrected chi connectivity index (χ3v) is 2.90. The van der Waals surface area contributed by atoms with E-state index < -0.39 is 0 Å². The molecule has 17 heavy (non-hydrogen) atoms. The third-order valence-electron chi connectivity index (χ3n) is 2.46. The number of nitrogens with zero attached hydrogens (tertiary/aromatic N) is 1. The first-order valence-corrected chi connectivity index (χ1v) is 6.35. The van der Waals surface area contributed by atoms with E-state index in [1.165, 1.54) is 5.56 Å². The number of hydrogen-bond acceptors (Lipinski definition) is 2. The molecular formula is C14H14BrNO. The molecule has 3 heteroatoms. The summed E-state index contributed by atoms with van der Waals surface area (Å²) in [6, 6.07) is 13.7. The molecular weight excluding hydrogens is 278 g/mol. The highest BCUT2D eigenvalue weighted by molar-refractivity contribution is 9.10. The van der Waals surface area contributed by atoms with Gasteiger partial charge in [-0.25, -0.2) is 4.98 Å². The van der Waals surface area contributed by atoms with Crippen LogP contribution in [-0.2, 0) is 0 Å². The van der Waals surface area contributed by atoms with Crippen molar-refractivity contribution in [1.29, 1.82) is 0 Å². The first kappa shape index (κ1) is 12.1. The van der Waals surface area contributed by atoms with Crippen molar-refractivity contribution in [3.8, 4) is 11.6 Å². The summed E-state index contributed by atoms with van der Waals surface area (Å²) in [6.45, 7) is 4.34. The predicted octanol–water partition coefficient (Wildman–Crippen LogP) is 4.76. The number of benzene rings is 1. The van der Waals surface area contributed by atoms with Crippen LogP contribution < -0.4 is 4.74 Å². The van der Waals surface area contributed by atoms with Gasteiger partial charge in [0, 0.05) is 6.07 Å². The Bertz CT molecular complexity index is 494. The van der Waals surface area contributed by atoms with Crippen LogP contribution in [0.2, 0.25) is 0 Å². The van der Waals surface area contributed by atoms with Crippen molar-refractivity contribution in [3.05, 3.63) is 52.6 Å². The summed E-state index contributed by atoms with van der Waals surface area (Å²) in [4.78, 5) is 4.22. The summed E-state index contributed by atoms with van der Waals surface area (Å²) in [7, 11) is 0. The van der Waals surface area contributed by atoms with Gasteiger partial charge < -0.3 is 4.74 Å². The Morgan fingerprint density at radius 3 is 2.35 bits per heavy atom. The van der Waals surface area contributed by atoms with Crippen LogP contribution in [0.1, 0.15) is 25.3 Å². The van der Waals surface area contributed by atoms with Gasteiger partial charge in [-0.2, -0.15) is 0 Å². The molecule has 0 aliphatic heterocycles. The monoisotopic (exact) mass is 291 g/mol. The van der Waals surface area contributed by atoms with E-state index in [1.807, 2.05) is 30.3 Å². The lowest BCUT2D eigenvalue weighted by Crippen LogP contribution is -1.90. The molecule has 0 aliphatic rings. The zero-order chi connectivity index (χ0) is 12.3. The lowest BCUT2D eigenvalue weighted by molar-refractivity contribution is 0.461. The summed E-state index contributed by atoms with van der Waals surface area (Å²) in [5.41, 5.74) is 1.31. The molecule has 0 amide bonds. The van der Waals surface area contributed by atoms with Crippen LogP contribution in [0.15, 0.2) is 47.1 Å². The summed E-state index contributed by atoms with van der Waals surface area (Å²) >= 11 is 3.32. The van der Waals surface area contributed by atoms with Crippen molar-refractivity contribution in [2.45, 2.75) is 19.8 Å². The molecule has 0 saturated heterocycles. The normalized spacial score (nSPS) is 10.6. The molecule has 1 heterocycles. The van der Waals surface area contributed by atoms with Gasteiger partial charge in [0.2, 0.25) is 5.88 Å². The van der Waals surface area contributed by atoms with E-state index in [2.05, 4.69) is 46.9 Å². The Balaban J connectivity index is 2.14. The maximum absolute atomic E-state index is 5.65. The molecule has 1 aromatic carbocycles. The van der Waals surface area contributed by atoms with Crippen LogP contribution in [0, 0.1) is 0 Å². The van der Waals surface area contributed by atoms with Crippen LogP contribution in [0.5, 0.6) is 11.6 Å². The number of aromatic nitrogens is 1. The average Bonchev–Trinajstić information content (AvgIpc) is 2.29. The van der Waals surface area contributed by atoms with Gasteiger partial charge in [0.25, 0.3) is 0 Å². The van der Waals surface area contributed by atoms with Crippen LogP contribution in [0.4, 0.5) is 0 Å². The molecule has 0 radical (unpaired) electrons. The third kappa shape index (κ3) is 3.30. The zero-order valence-electron chi connectivity index (χ0n) is 9.85. The molecule has 0 saturated carbocycles. The first-order chi connectivity index (χ1) is 8.15. The maximum Gasteiger partial charge on any atom is 0.220 e. The first-order valence-electron chi connectivity index (χ1n) is 5.55. The molecule has 0 fully saturated rings. The fourth-order valence-electron chi connectivity index (χ4n) is 1.49. The van der Waals surface area contributed by atoms with Crippen molar-refractivity contribution in [3.63, 3.8) is 0 Å². The van der Waals surface area contributed by atoms with E-state index in [0.29, 0.717) is 11.8 Å². The Labute approximate surface area is 110 Å². The van der Waals surface area contributed by atoms with Crippen LogP contribution in [0.3, 0.4) is 0 Å². The lowest BCUT2D eigenvalue weighted by Gasteiger charge is -2.08. The largest absolute Gasteiger partial charge is 0.439 e. The minimum Gasteiger partial charge on any atom is -0.439 e. The van der Waals surface area contributed by atoms with Gasteiger partial charge >= 0.3 is 0 Å². The molecule has 88 valence electrons. The highest BCUT2D eigenvalue weighted by atomic mass is 79.9. The minimum absolute atomic E-state index is 0.535. The smallest absolute Gasteiger partial charge is 0.220 e. The number of hydrogen-bond donors (Lipinski definition) is 0. The molecule has 0 aliphatic carbocycles. The Hall–Kier alpha value is -1.35. The van der Waals surface area contributed by atoms with Gasteiger partial charge in [0.1, 0.15) is 10.4 Å². The standard InChI is InChI=1S/C14H14BrNO/c1-10(2)11-6-8-12(9-7-11)17-14-5-3-4-13(15)16-14/h3-10H,1-2H3. The molecule has 0 N–H and O–H groups in total. The lowest BCUT2D eigenvalue weighted by atomic mass is 10.0. The van der Waals surface area contributed by atoms with E-state index in [0.717, 1.165) is 10.4 Å². The second-order valence-corrected chi connectivity index (χ2v) is 4.94. The van der Waals surface area contributed by atoms with E-state index >= 15 is 0 Å². The van der Waals surface area contributed by atoms with Gasteiger partial charge in [-0.15, -0.1) is 0 Å². The summed E-state index contributed by atoms with van der Waals surface area (Å²) < 4.78 is 6.42. The van der Waals surface area contributed by atoms with Crippen molar-refractivity contribution in [2.75, 3.05) is 0 Å². The van der Waals surface area contributed by atoms with Crippen molar-refractivity contribution in [2.24, 2.45) is 0 Å². The molecule has 2 aromatic rings. The van der Waals surface area contributed by atoms with Crippen molar-refractivity contribution in [1.82, 2.24) is 4.98 Å². The number of halogens is 1. The SMILES string of the molecule is CC(C)c1ccc(Oc2cccc(Br)n2)cc1. The second-order valence-electron chi connectivity index (χ2n) is 4.12. The van der Waals surface area contributed by atoms with Crippen molar-refractivity contribution >= 4 is 15.9 Å². The van der Waals surface area contributed by atoms with Gasteiger partial charge in [0.05, 0.1) is 0 Å². The zero-order valence-corrected chi connectivity index (χ0v) is 11.4. The summed E-state index contributed by atoms with van der Waals surface area (Å²) in [5, 5.41) is 0. The van der Waals surface area contributed by atoms with Gasteiger partial charge in [-0.05, 0) is 45.6 Å². The van der Waals surface area contributed by atoms with Crippen LogP contribution >= 0.6 is 15.9 Å².